The molecule has 0 unspecified atom stereocenters. The molecule has 1 atom stereocenters. The van der Waals surface area contributed by atoms with Crippen molar-refractivity contribution in [2.24, 2.45) is 0 Å². The number of carbonyl (C=O) groups excluding carboxylic acids is 1. The molecule has 6 nitrogen and oxygen atoms in total. The van der Waals surface area contributed by atoms with Gasteiger partial charge in [-0.1, -0.05) is 17.7 Å². The van der Waals surface area contributed by atoms with Crippen molar-refractivity contribution in [3.8, 4) is 0 Å². The summed E-state index contributed by atoms with van der Waals surface area (Å²) >= 11 is 5.48. The molecular weight excluding hydrogens is 281 g/mol. The molecule has 1 aromatic carbocycles. The molecule has 0 radical (unpaired) electrons. The molecule has 0 heterocycles. The van der Waals surface area contributed by atoms with Crippen molar-refractivity contribution in [3.63, 3.8) is 0 Å². The number of halogens is 2. The number of hydrogen-bond donors (Lipinski definition) is 3. The molecule has 0 spiro atoms. The second-order valence-electron chi connectivity index (χ2n) is 3.56. The maximum absolute atomic E-state index is 13.5. The van der Waals surface area contributed by atoms with Gasteiger partial charge in [0.1, 0.15) is 6.04 Å². The van der Waals surface area contributed by atoms with Gasteiger partial charge in [-0.3, -0.25) is 9.59 Å². The van der Waals surface area contributed by atoms with Gasteiger partial charge in [0.05, 0.1) is 17.0 Å². The van der Waals surface area contributed by atoms with E-state index in [0.29, 0.717) is 0 Å². The molecule has 0 saturated heterocycles. The summed E-state index contributed by atoms with van der Waals surface area (Å²) in [5.41, 5.74) is -0.455. The van der Waals surface area contributed by atoms with Gasteiger partial charge in [0.15, 0.2) is 5.82 Å². The fourth-order valence-electron chi connectivity index (χ4n) is 1.29. The highest BCUT2D eigenvalue weighted by Crippen LogP contribution is 2.17. The maximum atomic E-state index is 13.5. The van der Waals surface area contributed by atoms with E-state index in [-0.39, 0.29) is 5.02 Å². The predicted octanol–water partition coefficient (Wildman–Crippen LogP) is 1.14. The topological polar surface area (TPSA) is 104 Å². The molecule has 19 heavy (non-hydrogen) atoms. The minimum absolute atomic E-state index is 0.294. The normalized spacial score (nSPS) is 11.7. The summed E-state index contributed by atoms with van der Waals surface area (Å²) in [5, 5.41) is 18.9. The Labute approximate surface area is 111 Å². The maximum Gasteiger partial charge on any atom is 0.326 e. The number of benzene rings is 1. The standard InChI is InChI=1S/C11H9ClFNO5/c12-6-3-1-2-5(9(6)13)10(17)14-7(11(18)19)4-8(15)16/h1-3,7H,4H2,(H,14,17)(H,15,16)(H,18,19)/t7-/m1/s1. The van der Waals surface area contributed by atoms with Gasteiger partial charge in [-0.25, -0.2) is 9.18 Å². The highest BCUT2D eigenvalue weighted by Gasteiger charge is 2.25. The average molecular weight is 290 g/mol. The Bertz CT molecular complexity index is 534. The third kappa shape index (κ3) is 3.92. The highest BCUT2D eigenvalue weighted by atomic mass is 35.5. The molecule has 0 aliphatic rings. The van der Waals surface area contributed by atoms with Crippen molar-refractivity contribution in [2.75, 3.05) is 0 Å². The smallest absolute Gasteiger partial charge is 0.326 e. The zero-order chi connectivity index (χ0) is 14.6. The molecule has 0 bridgehead atoms. The Kier molecular flexibility index (Phi) is 4.82. The predicted molar refractivity (Wildman–Crippen MR) is 62.6 cm³/mol. The van der Waals surface area contributed by atoms with Gasteiger partial charge in [0.2, 0.25) is 0 Å². The molecule has 0 saturated carbocycles. The molecule has 8 heteroatoms. The molecule has 1 aromatic rings. The molecule has 102 valence electrons. The van der Waals surface area contributed by atoms with Gasteiger partial charge in [-0.05, 0) is 12.1 Å². The Morgan fingerprint density at radius 3 is 2.47 bits per heavy atom. The van der Waals surface area contributed by atoms with Gasteiger partial charge < -0.3 is 15.5 Å². The largest absolute Gasteiger partial charge is 0.481 e. The number of carboxylic acids is 2. The van der Waals surface area contributed by atoms with Crippen LogP contribution in [0.4, 0.5) is 4.39 Å². The van der Waals surface area contributed by atoms with Crippen LogP contribution >= 0.6 is 11.6 Å². The summed E-state index contributed by atoms with van der Waals surface area (Å²) in [6.07, 6.45) is -0.816. The average Bonchev–Trinajstić information content (AvgIpc) is 2.31. The van der Waals surface area contributed by atoms with E-state index in [1.54, 1.807) is 0 Å². The van der Waals surface area contributed by atoms with Crippen LogP contribution in [0.1, 0.15) is 16.8 Å². The molecule has 0 fully saturated rings. The minimum atomic E-state index is -1.65. The van der Waals surface area contributed by atoms with E-state index < -0.39 is 41.7 Å². The second kappa shape index (κ2) is 6.14. The van der Waals surface area contributed by atoms with Gasteiger partial charge >= 0.3 is 11.9 Å². The van der Waals surface area contributed by atoms with Crippen LogP contribution in [-0.4, -0.2) is 34.1 Å². The Morgan fingerprint density at radius 2 is 1.95 bits per heavy atom. The first-order valence-corrected chi connectivity index (χ1v) is 5.40. The summed E-state index contributed by atoms with van der Waals surface area (Å²) in [5.74, 6) is -4.98. The van der Waals surface area contributed by atoms with Gasteiger partial charge in [-0.15, -0.1) is 0 Å². The van der Waals surface area contributed by atoms with Crippen molar-refractivity contribution in [1.82, 2.24) is 5.32 Å². The molecule has 3 N–H and O–H groups in total. The van der Waals surface area contributed by atoms with Crippen LogP contribution in [-0.2, 0) is 9.59 Å². The fraction of sp³-hybridized carbons (Fsp3) is 0.182. The van der Waals surface area contributed by atoms with Crippen molar-refractivity contribution in [1.29, 1.82) is 0 Å². The van der Waals surface area contributed by atoms with Crippen LogP contribution in [0.15, 0.2) is 18.2 Å². The van der Waals surface area contributed by atoms with E-state index in [2.05, 4.69) is 0 Å². The highest BCUT2D eigenvalue weighted by molar-refractivity contribution is 6.31. The summed E-state index contributed by atoms with van der Waals surface area (Å²) in [4.78, 5) is 32.8. The van der Waals surface area contributed by atoms with E-state index >= 15 is 0 Å². The van der Waals surface area contributed by atoms with Crippen LogP contribution in [0.3, 0.4) is 0 Å². The first-order chi connectivity index (χ1) is 8.82. The third-order valence-corrected chi connectivity index (χ3v) is 2.47. The number of rotatable bonds is 5. The lowest BCUT2D eigenvalue weighted by atomic mass is 10.1. The first-order valence-electron chi connectivity index (χ1n) is 5.02. The van der Waals surface area contributed by atoms with E-state index in [9.17, 15) is 18.8 Å². The number of aliphatic carboxylic acids is 2. The van der Waals surface area contributed by atoms with Gasteiger partial charge in [0.25, 0.3) is 5.91 Å². The zero-order valence-electron chi connectivity index (χ0n) is 9.39. The Balaban J connectivity index is 2.91. The number of hydrogen-bond acceptors (Lipinski definition) is 3. The SMILES string of the molecule is O=C(O)C[C@@H](NC(=O)c1cccc(Cl)c1F)C(=O)O. The van der Waals surface area contributed by atoms with Gasteiger partial charge in [-0.2, -0.15) is 0 Å². The van der Waals surface area contributed by atoms with Crippen LogP contribution in [0.2, 0.25) is 5.02 Å². The Morgan fingerprint density at radius 1 is 1.32 bits per heavy atom. The van der Waals surface area contributed by atoms with E-state index in [1.165, 1.54) is 12.1 Å². The van der Waals surface area contributed by atoms with Crippen LogP contribution in [0.5, 0.6) is 0 Å². The number of carbonyl (C=O) groups is 3. The second-order valence-corrected chi connectivity index (χ2v) is 3.97. The molecule has 0 aromatic heterocycles. The van der Waals surface area contributed by atoms with Crippen LogP contribution in [0.25, 0.3) is 0 Å². The van der Waals surface area contributed by atoms with E-state index in [0.717, 1.165) is 6.07 Å². The molecule has 0 aliphatic heterocycles. The fourth-order valence-corrected chi connectivity index (χ4v) is 1.46. The number of nitrogens with one attached hydrogen (secondary N) is 1. The summed E-state index contributed by atoms with van der Waals surface area (Å²) in [7, 11) is 0. The molecule has 1 amide bonds. The minimum Gasteiger partial charge on any atom is -0.481 e. The van der Waals surface area contributed by atoms with Crippen molar-refractivity contribution in [2.45, 2.75) is 12.5 Å². The lowest BCUT2D eigenvalue weighted by molar-refractivity contribution is -0.145. The molecule has 0 aliphatic carbocycles. The first kappa shape index (κ1) is 14.9. The van der Waals surface area contributed by atoms with Crippen LogP contribution in [0, 0.1) is 5.82 Å². The van der Waals surface area contributed by atoms with E-state index in [1.807, 2.05) is 5.32 Å². The molecular formula is C11H9ClFNO5. The quantitative estimate of drug-likeness (QED) is 0.754. The monoisotopic (exact) mass is 289 g/mol. The lowest BCUT2D eigenvalue weighted by Gasteiger charge is -2.12. The van der Waals surface area contributed by atoms with E-state index in [4.69, 9.17) is 21.8 Å². The summed E-state index contributed by atoms with van der Waals surface area (Å²) < 4.78 is 13.5. The number of amides is 1. The van der Waals surface area contributed by atoms with Crippen molar-refractivity contribution >= 4 is 29.4 Å². The number of carboxylic acid groups (broad SMARTS) is 2. The lowest BCUT2D eigenvalue weighted by Crippen LogP contribution is -2.42. The van der Waals surface area contributed by atoms with Gasteiger partial charge in [0, 0.05) is 0 Å². The zero-order valence-corrected chi connectivity index (χ0v) is 10.1. The third-order valence-electron chi connectivity index (χ3n) is 2.18. The Hall–Kier alpha value is -2.15. The van der Waals surface area contributed by atoms with Crippen molar-refractivity contribution in [3.05, 3.63) is 34.6 Å². The summed E-state index contributed by atoms with van der Waals surface area (Å²) in [6, 6.07) is 1.99. The van der Waals surface area contributed by atoms with Crippen LogP contribution < -0.4 is 5.32 Å². The molecule has 1 rings (SSSR count). The summed E-state index contributed by atoms with van der Waals surface area (Å²) in [6.45, 7) is 0. The van der Waals surface area contributed by atoms with Crippen molar-refractivity contribution < 1.29 is 29.0 Å².